The molecule has 2 aliphatic heterocycles. The van der Waals surface area contributed by atoms with E-state index in [2.05, 4.69) is 10.0 Å². The third-order valence-electron chi connectivity index (χ3n) is 3.23. The lowest BCUT2D eigenvalue weighted by Gasteiger charge is -2.27. The summed E-state index contributed by atoms with van der Waals surface area (Å²) in [5.41, 5.74) is 0. The van der Waals surface area contributed by atoms with Crippen molar-refractivity contribution in [1.82, 2.24) is 10.0 Å². The van der Waals surface area contributed by atoms with Gasteiger partial charge in [-0.2, -0.15) is 0 Å². The molecule has 2 aliphatic rings. The molecule has 2 fully saturated rings. The Balaban J connectivity index is 1.88. The molecule has 0 bridgehead atoms. The minimum absolute atomic E-state index is 0.0394. The number of nitrogens with one attached hydrogen (secondary N) is 2. The molecule has 0 unspecified atom stereocenters. The Morgan fingerprint density at radius 1 is 1.53 bits per heavy atom. The Morgan fingerprint density at radius 2 is 2.33 bits per heavy atom. The van der Waals surface area contributed by atoms with Crippen molar-refractivity contribution in [1.29, 1.82) is 0 Å². The van der Waals surface area contributed by atoms with E-state index in [1.165, 1.54) is 6.26 Å². The van der Waals surface area contributed by atoms with Crippen LogP contribution in [0.3, 0.4) is 0 Å². The third kappa shape index (κ3) is 2.90. The Bertz CT molecular complexity index is 317. The van der Waals surface area contributed by atoms with E-state index in [4.69, 9.17) is 4.74 Å². The molecule has 3 atom stereocenters. The molecule has 6 heteroatoms. The Hall–Kier alpha value is -0.170. The SMILES string of the molecule is CS(=O)(=O)NC[C@H]1OC[C@@H]2CCNC[C@@H]21. The number of hydrogen-bond acceptors (Lipinski definition) is 4. The van der Waals surface area contributed by atoms with Gasteiger partial charge in [0.25, 0.3) is 0 Å². The maximum atomic E-state index is 11.0. The van der Waals surface area contributed by atoms with Crippen LogP contribution in [0.15, 0.2) is 0 Å². The van der Waals surface area contributed by atoms with Gasteiger partial charge in [0.15, 0.2) is 0 Å². The van der Waals surface area contributed by atoms with E-state index in [0.29, 0.717) is 18.4 Å². The minimum atomic E-state index is -3.10. The summed E-state index contributed by atoms with van der Waals surface area (Å²) in [4.78, 5) is 0. The van der Waals surface area contributed by atoms with Gasteiger partial charge in [0, 0.05) is 19.0 Å². The topological polar surface area (TPSA) is 67.4 Å². The molecule has 0 saturated carbocycles. The number of piperidine rings is 1. The summed E-state index contributed by atoms with van der Waals surface area (Å²) in [6.45, 7) is 3.18. The van der Waals surface area contributed by atoms with Crippen molar-refractivity contribution in [2.75, 3.05) is 32.5 Å². The zero-order valence-electron chi connectivity index (χ0n) is 8.90. The predicted octanol–water partition coefficient (Wildman–Crippen LogP) is -0.840. The lowest BCUT2D eigenvalue weighted by molar-refractivity contribution is 0.0944. The molecule has 0 radical (unpaired) electrons. The van der Waals surface area contributed by atoms with Gasteiger partial charge in [-0.05, 0) is 18.9 Å². The lowest BCUT2D eigenvalue weighted by Crippen LogP contribution is -2.43. The van der Waals surface area contributed by atoms with E-state index in [9.17, 15) is 8.42 Å². The van der Waals surface area contributed by atoms with Crippen LogP contribution >= 0.6 is 0 Å². The van der Waals surface area contributed by atoms with E-state index < -0.39 is 10.0 Å². The highest BCUT2D eigenvalue weighted by Crippen LogP contribution is 2.30. The van der Waals surface area contributed by atoms with Gasteiger partial charge in [0.05, 0.1) is 19.0 Å². The molecular formula is C9H18N2O3S. The summed E-state index contributed by atoms with van der Waals surface area (Å²) in [6, 6.07) is 0. The Morgan fingerprint density at radius 3 is 3.07 bits per heavy atom. The van der Waals surface area contributed by atoms with Crippen molar-refractivity contribution < 1.29 is 13.2 Å². The van der Waals surface area contributed by atoms with E-state index in [0.717, 1.165) is 26.1 Å². The minimum Gasteiger partial charge on any atom is -0.376 e. The second-order valence-electron chi connectivity index (χ2n) is 4.41. The standard InChI is InChI=1S/C9H18N2O3S/c1-15(12,13)11-5-9-8-4-10-3-2-7(8)6-14-9/h7-11H,2-6H2,1H3/t7-,8-,9+/m0/s1. The molecular weight excluding hydrogens is 216 g/mol. The predicted molar refractivity (Wildman–Crippen MR) is 57.1 cm³/mol. The number of fused-ring (bicyclic) bond motifs is 1. The van der Waals surface area contributed by atoms with Crippen LogP contribution in [0.25, 0.3) is 0 Å². The third-order valence-corrected chi connectivity index (χ3v) is 3.92. The number of rotatable bonds is 3. The zero-order valence-corrected chi connectivity index (χ0v) is 9.72. The molecule has 0 spiro atoms. The molecule has 0 aliphatic carbocycles. The number of sulfonamides is 1. The molecule has 2 heterocycles. The Kier molecular flexibility index (Phi) is 3.30. The molecule has 2 saturated heterocycles. The summed E-state index contributed by atoms with van der Waals surface area (Å²) in [6.07, 6.45) is 2.36. The molecule has 0 aromatic carbocycles. The normalized spacial score (nSPS) is 36.5. The first-order chi connectivity index (χ1) is 7.06. The van der Waals surface area contributed by atoms with Crippen LogP contribution in [-0.2, 0) is 14.8 Å². The van der Waals surface area contributed by atoms with Gasteiger partial charge in [0.2, 0.25) is 10.0 Å². The van der Waals surface area contributed by atoms with Gasteiger partial charge in [-0.3, -0.25) is 0 Å². The fourth-order valence-corrected chi connectivity index (χ4v) is 2.86. The number of hydrogen-bond donors (Lipinski definition) is 2. The van der Waals surface area contributed by atoms with Crippen LogP contribution in [-0.4, -0.2) is 47.0 Å². The van der Waals surface area contributed by atoms with Gasteiger partial charge in [0.1, 0.15) is 0 Å². The number of ether oxygens (including phenoxy) is 1. The molecule has 0 amide bonds. The van der Waals surface area contributed by atoms with Crippen molar-refractivity contribution in [2.45, 2.75) is 12.5 Å². The maximum absolute atomic E-state index is 11.0. The molecule has 15 heavy (non-hydrogen) atoms. The van der Waals surface area contributed by atoms with Crippen LogP contribution < -0.4 is 10.0 Å². The van der Waals surface area contributed by atoms with Crippen LogP contribution in [0.1, 0.15) is 6.42 Å². The summed E-state index contributed by atoms with van der Waals surface area (Å²) in [7, 11) is -3.10. The average molecular weight is 234 g/mol. The highest BCUT2D eigenvalue weighted by Gasteiger charge is 2.38. The monoisotopic (exact) mass is 234 g/mol. The quantitative estimate of drug-likeness (QED) is 0.668. The second kappa shape index (κ2) is 4.37. The first kappa shape index (κ1) is 11.3. The van der Waals surface area contributed by atoms with E-state index >= 15 is 0 Å². The fourth-order valence-electron chi connectivity index (χ4n) is 2.39. The van der Waals surface area contributed by atoms with E-state index in [-0.39, 0.29) is 6.10 Å². The van der Waals surface area contributed by atoms with Crippen LogP contribution in [0.2, 0.25) is 0 Å². The summed E-state index contributed by atoms with van der Waals surface area (Å²) in [5, 5.41) is 3.33. The first-order valence-electron chi connectivity index (χ1n) is 5.33. The van der Waals surface area contributed by atoms with Crippen LogP contribution in [0, 0.1) is 11.8 Å². The zero-order chi connectivity index (χ0) is 10.9. The summed E-state index contributed by atoms with van der Waals surface area (Å²) >= 11 is 0. The van der Waals surface area contributed by atoms with Gasteiger partial charge in [-0.25, -0.2) is 13.1 Å². The van der Waals surface area contributed by atoms with Crippen LogP contribution in [0.4, 0.5) is 0 Å². The van der Waals surface area contributed by atoms with Crippen molar-refractivity contribution in [3.8, 4) is 0 Å². The highest BCUT2D eigenvalue weighted by molar-refractivity contribution is 7.88. The molecule has 88 valence electrons. The van der Waals surface area contributed by atoms with Gasteiger partial charge in [-0.1, -0.05) is 0 Å². The van der Waals surface area contributed by atoms with Crippen molar-refractivity contribution in [3.63, 3.8) is 0 Å². The first-order valence-corrected chi connectivity index (χ1v) is 7.22. The molecule has 2 N–H and O–H groups in total. The van der Waals surface area contributed by atoms with Crippen molar-refractivity contribution in [2.24, 2.45) is 11.8 Å². The van der Waals surface area contributed by atoms with E-state index in [1.807, 2.05) is 0 Å². The summed E-state index contributed by atoms with van der Waals surface area (Å²) < 4.78 is 30.1. The highest BCUT2D eigenvalue weighted by atomic mass is 32.2. The molecule has 0 aromatic heterocycles. The van der Waals surface area contributed by atoms with Crippen LogP contribution in [0.5, 0.6) is 0 Å². The van der Waals surface area contributed by atoms with Crippen molar-refractivity contribution in [3.05, 3.63) is 0 Å². The largest absolute Gasteiger partial charge is 0.376 e. The van der Waals surface area contributed by atoms with Gasteiger partial charge >= 0.3 is 0 Å². The summed E-state index contributed by atoms with van der Waals surface area (Å²) in [5.74, 6) is 1.07. The molecule has 2 rings (SSSR count). The maximum Gasteiger partial charge on any atom is 0.208 e. The van der Waals surface area contributed by atoms with E-state index in [1.54, 1.807) is 0 Å². The second-order valence-corrected chi connectivity index (χ2v) is 6.24. The van der Waals surface area contributed by atoms with Crippen molar-refractivity contribution >= 4 is 10.0 Å². The molecule has 0 aromatic rings. The lowest BCUT2D eigenvalue weighted by atomic mass is 9.86. The smallest absolute Gasteiger partial charge is 0.208 e. The fraction of sp³-hybridized carbons (Fsp3) is 1.00. The Labute approximate surface area is 90.6 Å². The van der Waals surface area contributed by atoms with Gasteiger partial charge < -0.3 is 10.1 Å². The average Bonchev–Trinajstić information content (AvgIpc) is 2.57. The molecule has 5 nitrogen and oxygen atoms in total. The van der Waals surface area contributed by atoms with Gasteiger partial charge in [-0.15, -0.1) is 0 Å².